The number of nitrogens with one attached hydrogen (secondary N) is 1. The fourth-order valence-corrected chi connectivity index (χ4v) is 3.35. The summed E-state index contributed by atoms with van der Waals surface area (Å²) in [5.74, 6) is -0.605. The molecule has 1 aromatic carbocycles. The minimum atomic E-state index is -0.771. The third kappa shape index (κ3) is 4.55. The van der Waals surface area contributed by atoms with E-state index in [0.717, 1.165) is 31.2 Å². The zero-order valence-corrected chi connectivity index (χ0v) is 13.7. The van der Waals surface area contributed by atoms with Crippen molar-refractivity contribution < 1.29 is 14.3 Å². The van der Waals surface area contributed by atoms with Crippen LogP contribution in [0.5, 0.6) is 0 Å². The summed E-state index contributed by atoms with van der Waals surface area (Å²) in [5.41, 5.74) is 6.54. The van der Waals surface area contributed by atoms with Gasteiger partial charge in [-0.05, 0) is 30.4 Å². The maximum Gasteiger partial charge on any atom is 0.333 e. The number of ether oxygens (including phenoxy) is 1. The SMILES string of the molecule is COC(=O)C(NC(=O)CC1(CN)CCCCC1)c1ccccc1. The zero-order chi connectivity index (χ0) is 16.7. The summed E-state index contributed by atoms with van der Waals surface area (Å²) < 4.78 is 4.83. The van der Waals surface area contributed by atoms with Crippen LogP contribution in [0.15, 0.2) is 30.3 Å². The number of carbonyl (C=O) groups excluding carboxylic acids is 2. The van der Waals surface area contributed by atoms with Crippen LogP contribution in [0.1, 0.15) is 50.1 Å². The van der Waals surface area contributed by atoms with Gasteiger partial charge < -0.3 is 15.8 Å². The molecular weight excluding hydrogens is 292 g/mol. The first-order chi connectivity index (χ1) is 11.1. The largest absolute Gasteiger partial charge is 0.467 e. The smallest absolute Gasteiger partial charge is 0.333 e. The summed E-state index contributed by atoms with van der Waals surface area (Å²) in [6.07, 6.45) is 5.76. The number of carbonyl (C=O) groups is 2. The van der Waals surface area contributed by atoms with Crippen LogP contribution >= 0.6 is 0 Å². The minimum Gasteiger partial charge on any atom is -0.467 e. The van der Waals surface area contributed by atoms with Gasteiger partial charge in [0.25, 0.3) is 0 Å². The first-order valence-corrected chi connectivity index (χ1v) is 8.22. The van der Waals surface area contributed by atoms with E-state index in [1.165, 1.54) is 13.5 Å². The predicted octanol–water partition coefficient (Wildman–Crippen LogP) is 2.32. The minimum absolute atomic E-state index is 0.125. The second-order valence-electron chi connectivity index (χ2n) is 6.38. The van der Waals surface area contributed by atoms with Crippen molar-refractivity contribution in [3.8, 4) is 0 Å². The van der Waals surface area contributed by atoms with E-state index in [4.69, 9.17) is 10.5 Å². The van der Waals surface area contributed by atoms with E-state index in [1.807, 2.05) is 18.2 Å². The maximum absolute atomic E-state index is 12.5. The molecule has 1 atom stereocenters. The zero-order valence-electron chi connectivity index (χ0n) is 13.7. The van der Waals surface area contributed by atoms with Crippen LogP contribution in [-0.2, 0) is 14.3 Å². The van der Waals surface area contributed by atoms with Crippen molar-refractivity contribution in [1.82, 2.24) is 5.32 Å². The first-order valence-electron chi connectivity index (χ1n) is 8.22. The van der Waals surface area contributed by atoms with Gasteiger partial charge in [0.1, 0.15) is 0 Å². The molecule has 0 bridgehead atoms. The van der Waals surface area contributed by atoms with Crippen LogP contribution < -0.4 is 11.1 Å². The van der Waals surface area contributed by atoms with Gasteiger partial charge in [0.2, 0.25) is 5.91 Å². The van der Waals surface area contributed by atoms with Crippen molar-refractivity contribution in [2.24, 2.45) is 11.1 Å². The van der Waals surface area contributed by atoms with Gasteiger partial charge in [0.05, 0.1) is 7.11 Å². The lowest BCUT2D eigenvalue weighted by atomic mass is 9.71. The molecule has 0 aromatic heterocycles. The van der Waals surface area contributed by atoms with E-state index >= 15 is 0 Å². The summed E-state index contributed by atoms with van der Waals surface area (Å²) in [5, 5.41) is 2.82. The lowest BCUT2D eigenvalue weighted by Crippen LogP contribution is -2.41. The van der Waals surface area contributed by atoms with E-state index < -0.39 is 12.0 Å². The molecule has 5 nitrogen and oxygen atoms in total. The number of rotatable bonds is 6. The lowest BCUT2D eigenvalue weighted by Gasteiger charge is -2.36. The Labute approximate surface area is 137 Å². The highest BCUT2D eigenvalue weighted by Gasteiger charge is 2.34. The fraction of sp³-hybridized carbons (Fsp3) is 0.556. The Kier molecular flexibility index (Phi) is 6.16. The number of hydrogen-bond donors (Lipinski definition) is 2. The maximum atomic E-state index is 12.5. The monoisotopic (exact) mass is 318 g/mol. The quantitative estimate of drug-likeness (QED) is 0.789. The molecule has 5 heteroatoms. The molecule has 0 spiro atoms. The summed E-state index contributed by atoms with van der Waals surface area (Å²) in [4.78, 5) is 24.5. The molecule has 1 amide bonds. The van der Waals surface area contributed by atoms with Crippen LogP contribution in [-0.4, -0.2) is 25.5 Å². The average Bonchev–Trinajstić information content (AvgIpc) is 2.60. The van der Waals surface area contributed by atoms with E-state index in [1.54, 1.807) is 12.1 Å². The van der Waals surface area contributed by atoms with Gasteiger partial charge in [0, 0.05) is 6.42 Å². The normalized spacial score (nSPS) is 18.0. The third-order valence-corrected chi connectivity index (χ3v) is 4.76. The van der Waals surface area contributed by atoms with Gasteiger partial charge in [-0.2, -0.15) is 0 Å². The van der Waals surface area contributed by atoms with E-state index in [-0.39, 0.29) is 11.3 Å². The van der Waals surface area contributed by atoms with Gasteiger partial charge >= 0.3 is 5.97 Å². The molecule has 1 unspecified atom stereocenters. The molecule has 1 fully saturated rings. The van der Waals surface area contributed by atoms with Crippen LogP contribution in [0.4, 0.5) is 0 Å². The lowest BCUT2D eigenvalue weighted by molar-refractivity contribution is -0.145. The summed E-state index contributed by atoms with van der Waals surface area (Å²) in [6.45, 7) is 0.509. The second kappa shape index (κ2) is 8.11. The Balaban J connectivity index is 2.07. The fourth-order valence-electron chi connectivity index (χ4n) is 3.35. The van der Waals surface area contributed by atoms with Crippen LogP contribution in [0.2, 0.25) is 0 Å². The Morgan fingerprint density at radius 3 is 2.43 bits per heavy atom. The molecule has 1 aliphatic rings. The molecule has 2 rings (SSSR count). The summed E-state index contributed by atoms with van der Waals surface area (Å²) in [7, 11) is 1.33. The topological polar surface area (TPSA) is 81.4 Å². The molecule has 0 heterocycles. The van der Waals surface area contributed by atoms with Gasteiger partial charge in [-0.1, -0.05) is 49.6 Å². The predicted molar refractivity (Wildman–Crippen MR) is 88.5 cm³/mol. The highest BCUT2D eigenvalue weighted by Crippen LogP contribution is 2.38. The molecule has 0 aliphatic heterocycles. The average molecular weight is 318 g/mol. The molecule has 1 saturated carbocycles. The van der Waals surface area contributed by atoms with E-state index in [2.05, 4.69) is 5.32 Å². The van der Waals surface area contributed by atoms with Crippen molar-refractivity contribution >= 4 is 11.9 Å². The molecule has 3 N–H and O–H groups in total. The number of amides is 1. The van der Waals surface area contributed by atoms with Crippen LogP contribution in [0, 0.1) is 5.41 Å². The first kappa shape index (κ1) is 17.5. The number of benzene rings is 1. The Morgan fingerprint density at radius 2 is 1.87 bits per heavy atom. The van der Waals surface area contributed by atoms with Crippen molar-refractivity contribution in [3.63, 3.8) is 0 Å². The Hall–Kier alpha value is -1.88. The van der Waals surface area contributed by atoms with Crippen molar-refractivity contribution in [1.29, 1.82) is 0 Å². The molecule has 1 aliphatic carbocycles. The Bertz CT molecular complexity index is 524. The number of esters is 1. The van der Waals surface area contributed by atoms with Crippen molar-refractivity contribution in [3.05, 3.63) is 35.9 Å². The number of methoxy groups -OCH3 is 1. The molecule has 1 aromatic rings. The van der Waals surface area contributed by atoms with Gasteiger partial charge in [-0.15, -0.1) is 0 Å². The number of hydrogen-bond acceptors (Lipinski definition) is 4. The third-order valence-electron chi connectivity index (χ3n) is 4.76. The van der Waals surface area contributed by atoms with Crippen LogP contribution in [0.25, 0.3) is 0 Å². The molecule has 0 saturated heterocycles. The van der Waals surface area contributed by atoms with E-state index in [0.29, 0.717) is 13.0 Å². The van der Waals surface area contributed by atoms with E-state index in [9.17, 15) is 9.59 Å². The van der Waals surface area contributed by atoms with Gasteiger partial charge in [-0.25, -0.2) is 4.79 Å². The molecular formula is C18H26N2O3. The van der Waals surface area contributed by atoms with Crippen molar-refractivity contribution in [2.75, 3.05) is 13.7 Å². The van der Waals surface area contributed by atoms with Gasteiger partial charge in [0.15, 0.2) is 6.04 Å². The highest BCUT2D eigenvalue weighted by atomic mass is 16.5. The molecule has 23 heavy (non-hydrogen) atoms. The number of nitrogens with two attached hydrogens (primary N) is 1. The molecule has 0 radical (unpaired) electrons. The standard InChI is InChI=1S/C18H26N2O3/c1-23-17(22)16(14-8-4-2-5-9-14)20-15(21)12-18(13-19)10-6-3-7-11-18/h2,4-5,8-9,16H,3,6-7,10-13,19H2,1H3,(H,20,21). The Morgan fingerprint density at radius 1 is 1.22 bits per heavy atom. The summed E-state index contributed by atoms with van der Waals surface area (Å²) >= 11 is 0. The second-order valence-corrected chi connectivity index (χ2v) is 6.38. The van der Waals surface area contributed by atoms with Gasteiger partial charge in [-0.3, -0.25) is 4.79 Å². The summed E-state index contributed by atoms with van der Waals surface area (Å²) in [6, 6.07) is 8.37. The highest BCUT2D eigenvalue weighted by molar-refractivity contribution is 5.85. The molecule has 126 valence electrons. The van der Waals surface area contributed by atoms with Crippen molar-refractivity contribution in [2.45, 2.75) is 44.6 Å². The van der Waals surface area contributed by atoms with Crippen LogP contribution in [0.3, 0.4) is 0 Å².